The summed E-state index contributed by atoms with van der Waals surface area (Å²) < 4.78 is 2.14. The number of benzene rings is 1. The van der Waals surface area contributed by atoms with Crippen molar-refractivity contribution in [1.29, 1.82) is 0 Å². The zero-order chi connectivity index (χ0) is 21.2. The molecule has 1 atom stereocenters. The van der Waals surface area contributed by atoms with Crippen molar-refractivity contribution in [3.05, 3.63) is 65.9 Å². The molecule has 0 radical (unpaired) electrons. The van der Waals surface area contributed by atoms with E-state index in [1.54, 1.807) is 11.7 Å². The highest BCUT2D eigenvalue weighted by molar-refractivity contribution is 5.74. The first-order valence-electron chi connectivity index (χ1n) is 10.8. The van der Waals surface area contributed by atoms with Gasteiger partial charge in [-0.05, 0) is 42.7 Å². The number of imidazole rings is 1. The van der Waals surface area contributed by atoms with Gasteiger partial charge in [-0.25, -0.2) is 10.5 Å². The van der Waals surface area contributed by atoms with Crippen LogP contribution in [0.3, 0.4) is 0 Å². The fourth-order valence-electron chi connectivity index (χ4n) is 4.50. The molecule has 0 aliphatic heterocycles. The molecular formula is C23H32N4O3. The van der Waals surface area contributed by atoms with Crippen LogP contribution in [0.5, 0.6) is 0 Å². The molecule has 0 spiro atoms. The van der Waals surface area contributed by atoms with Crippen LogP contribution < -0.4 is 11.4 Å². The third-order valence-electron chi connectivity index (χ3n) is 5.96. The molecule has 1 aliphatic rings. The topological polar surface area (TPSA) is 102 Å². The Labute approximate surface area is 177 Å². The van der Waals surface area contributed by atoms with Crippen LogP contribution in [0.15, 0.2) is 60.4 Å². The highest BCUT2D eigenvalue weighted by Crippen LogP contribution is 2.40. The van der Waals surface area contributed by atoms with Gasteiger partial charge in [0.05, 0.1) is 12.4 Å². The molecule has 1 aromatic carbocycles. The lowest BCUT2D eigenvalue weighted by molar-refractivity contribution is -0.129. The standard InChI is InChI=1S/C23H32N4O3/c24-30-21(12-7-13-22(28)26-29)23(19-10-5-2-6-11-19)20(27-15-14-25-17-27)16-18-8-3-1-4-9-18/h1,3-4,8-9,14-15,17,19-20,29H,2,5-7,10-13,16,24H2,(H,26,28). The lowest BCUT2D eigenvalue weighted by Crippen LogP contribution is -2.24. The van der Waals surface area contributed by atoms with Gasteiger partial charge in [0.1, 0.15) is 5.76 Å². The summed E-state index contributed by atoms with van der Waals surface area (Å²) >= 11 is 0. The zero-order valence-electron chi connectivity index (χ0n) is 17.4. The van der Waals surface area contributed by atoms with E-state index >= 15 is 0 Å². The molecule has 1 unspecified atom stereocenters. The molecule has 2 aromatic rings. The van der Waals surface area contributed by atoms with E-state index in [4.69, 9.17) is 15.9 Å². The largest absolute Gasteiger partial charge is 0.416 e. The summed E-state index contributed by atoms with van der Waals surface area (Å²) in [5, 5.41) is 8.77. The molecule has 30 heavy (non-hydrogen) atoms. The summed E-state index contributed by atoms with van der Waals surface area (Å²) in [6.07, 6.45) is 13.6. The molecule has 4 N–H and O–H groups in total. The molecule has 1 heterocycles. The number of hydrogen-bond acceptors (Lipinski definition) is 5. The van der Waals surface area contributed by atoms with Crippen molar-refractivity contribution in [3.63, 3.8) is 0 Å². The van der Waals surface area contributed by atoms with Crippen LogP contribution in [0.4, 0.5) is 0 Å². The number of hydroxylamine groups is 1. The van der Waals surface area contributed by atoms with Gasteiger partial charge in [-0.1, -0.05) is 49.6 Å². The second-order valence-electron chi connectivity index (χ2n) is 7.94. The Morgan fingerprint density at radius 3 is 2.63 bits per heavy atom. The first-order valence-corrected chi connectivity index (χ1v) is 10.8. The number of nitrogens with zero attached hydrogens (tertiary/aromatic N) is 2. The fraction of sp³-hybridized carbons (Fsp3) is 0.478. The minimum absolute atomic E-state index is 0.0446. The quantitative estimate of drug-likeness (QED) is 0.310. The molecule has 1 saturated carbocycles. The summed E-state index contributed by atoms with van der Waals surface area (Å²) in [6, 6.07) is 10.4. The number of carbonyl (C=O) groups is 1. The highest BCUT2D eigenvalue weighted by Gasteiger charge is 2.30. The predicted octanol–water partition coefficient (Wildman–Crippen LogP) is 4.07. The van der Waals surface area contributed by atoms with Crippen LogP contribution in [0, 0.1) is 5.92 Å². The van der Waals surface area contributed by atoms with Gasteiger partial charge in [0.15, 0.2) is 0 Å². The van der Waals surface area contributed by atoms with E-state index in [0.717, 1.165) is 25.0 Å². The number of nitrogens with one attached hydrogen (secondary N) is 1. The average Bonchev–Trinajstić information content (AvgIpc) is 3.33. The minimum Gasteiger partial charge on any atom is -0.416 e. The smallest absolute Gasteiger partial charge is 0.243 e. The number of amides is 1. The maximum absolute atomic E-state index is 11.5. The third kappa shape index (κ3) is 5.93. The van der Waals surface area contributed by atoms with Crippen LogP contribution in [0.25, 0.3) is 0 Å². The van der Waals surface area contributed by atoms with Crippen molar-refractivity contribution in [1.82, 2.24) is 15.0 Å². The maximum atomic E-state index is 11.5. The number of allylic oxidation sites excluding steroid dienone is 2. The minimum atomic E-state index is -0.402. The van der Waals surface area contributed by atoms with E-state index < -0.39 is 5.91 Å². The molecule has 1 amide bonds. The van der Waals surface area contributed by atoms with Gasteiger partial charge < -0.3 is 9.40 Å². The molecule has 1 aliphatic carbocycles. The average molecular weight is 413 g/mol. The number of nitrogens with two attached hydrogens (primary N) is 1. The van der Waals surface area contributed by atoms with Gasteiger partial charge in [0, 0.05) is 25.2 Å². The molecule has 162 valence electrons. The van der Waals surface area contributed by atoms with Crippen molar-refractivity contribution in [2.75, 3.05) is 0 Å². The molecule has 7 nitrogen and oxygen atoms in total. The fourth-order valence-corrected chi connectivity index (χ4v) is 4.50. The summed E-state index contributed by atoms with van der Waals surface area (Å²) in [4.78, 5) is 21.2. The van der Waals surface area contributed by atoms with Gasteiger partial charge in [0.2, 0.25) is 5.91 Å². The summed E-state index contributed by atoms with van der Waals surface area (Å²) in [7, 11) is 0. The monoisotopic (exact) mass is 412 g/mol. The van der Waals surface area contributed by atoms with E-state index in [9.17, 15) is 4.79 Å². The van der Waals surface area contributed by atoms with E-state index in [2.05, 4.69) is 33.8 Å². The van der Waals surface area contributed by atoms with Gasteiger partial charge in [0.25, 0.3) is 0 Å². The SMILES string of the molecule is NOC(CCCC(=O)NO)=C(C1CCCCC1)C(Cc1ccccc1)n1ccnc1. The summed E-state index contributed by atoms with van der Waals surface area (Å²) in [5.74, 6) is 6.52. The number of rotatable bonds is 10. The molecular weight excluding hydrogens is 380 g/mol. The third-order valence-corrected chi connectivity index (χ3v) is 5.96. The Balaban J connectivity index is 1.96. The normalized spacial score (nSPS) is 16.6. The van der Waals surface area contributed by atoms with Crippen molar-refractivity contribution in [2.24, 2.45) is 11.8 Å². The van der Waals surface area contributed by atoms with Crippen LogP contribution in [-0.2, 0) is 16.1 Å². The summed E-state index contributed by atoms with van der Waals surface area (Å²) in [6.45, 7) is 0. The Kier molecular flexibility index (Phi) is 8.47. The van der Waals surface area contributed by atoms with Gasteiger partial charge in [-0.2, -0.15) is 5.90 Å². The second-order valence-corrected chi connectivity index (χ2v) is 7.94. The van der Waals surface area contributed by atoms with E-state index in [1.165, 1.54) is 30.4 Å². The van der Waals surface area contributed by atoms with E-state index in [1.807, 2.05) is 18.6 Å². The first-order chi connectivity index (χ1) is 14.7. The first kappa shape index (κ1) is 22.1. The number of carbonyl (C=O) groups excluding carboxylic acids is 1. The molecule has 1 aromatic heterocycles. The lowest BCUT2D eigenvalue weighted by atomic mass is 9.78. The number of aromatic nitrogens is 2. The zero-order valence-corrected chi connectivity index (χ0v) is 17.4. The molecule has 7 heteroatoms. The summed E-state index contributed by atoms with van der Waals surface area (Å²) in [5.41, 5.74) is 4.14. The Morgan fingerprint density at radius 2 is 2.00 bits per heavy atom. The van der Waals surface area contributed by atoms with Gasteiger partial charge in [-0.15, -0.1) is 0 Å². The van der Waals surface area contributed by atoms with Crippen LogP contribution in [-0.4, -0.2) is 20.7 Å². The van der Waals surface area contributed by atoms with E-state index in [0.29, 0.717) is 18.8 Å². The van der Waals surface area contributed by atoms with Gasteiger partial charge >= 0.3 is 0 Å². The van der Waals surface area contributed by atoms with Crippen LogP contribution in [0.2, 0.25) is 0 Å². The van der Waals surface area contributed by atoms with Crippen molar-refractivity contribution >= 4 is 5.91 Å². The van der Waals surface area contributed by atoms with Crippen molar-refractivity contribution < 1.29 is 14.8 Å². The van der Waals surface area contributed by atoms with Crippen molar-refractivity contribution in [2.45, 2.75) is 63.8 Å². The molecule has 0 bridgehead atoms. The van der Waals surface area contributed by atoms with Crippen LogP contribution in [0.1, 0.15) is 63.0 Å². The van der Waals surface area contributed by atoms with E-state index in [-0.39, 0.29) is 12.5 Å². The lowest BCUT2D eigenvalue weighted by Gasteiger charge is -2.32. The molecule has 3 rings (SSSR count). The maximum Gasteiger partial charge on any atom is 0.243 e. The molecule has 0 saturated heterocycles. The highest BCUT2D eigenvalue weighted by atomic mass is 16.6. The Morgan fingerprint density at radius 1 is 1.23 bits per heavy atom. The van der Waals surface area contributed by atoms with Gasteiger partial charge in [-0.3, -0.25) is 10.0 Å². The van der Waals surface area contributed by atoms with Crippen molar-refractivity contribution in [3.8, 4) is 0 Å². The van der Waals surface area contributed by atoms with Crippen LogP contribution >= 0.6 is 0 Å². The number of hydrogen-bond donors (Lipinski definition) is 3. The predicted molar refractivity (Wildman–Crippen MR) is 114 cm³/mol. The second kappa shape index (κ2) is 11.5. The molecule has 1 fully saturated rings. The Hall–Kier alpha value is -2.64. The Bertz CT molecular complexity index is 799.